The molecule has 3 nitrogen and oxygen atoms in total. The van der Waals surface area contributed by atoms with Crippen LogP contribution in [0, 0.1) is 12.8 Å². The molecule has 3 rings (SSSR count). The van der Waals surface area contributed by atoms with Gasteiger partial charge in [0.25, 0.3) is 0 Å². The molecule has 0 amide bonds. The maximum absolute atomic E-state index is 11.1. The van der Waals surface area contributed by atoms with Gasteiger partial charge in [-0.05, 0) is 82.7 Å². The average molecular weight is 390 g/mol. The second-order valence-electron chi connectivity index (χ2n) is 9.14. The van der Waals surface area contributed by atoms with Gasteiger partial charge < -0.3 is 5.11 Å². The summed E-state index contributed by atoms with van der Waals surface area (Å²) in [4.78, 5) is 16.1. The quantitative estimate of drug-likeness (QED) is 0.655. The second-order valence-corrected chi connectivity index (χ2v) is 9.14. The molecular formula is C26H31NO2. The van der Waals surface area contributed by atoms with Crippen molar-refractivity contribution in [1.82, 2.24) is 0 Å². The molecule has 29 heavy (non-hydrogen) atoms. The number of carboxylic acids is 1. The fourth-order valence-electron chi connectivity index (χ4n) is 3.96. The minimum absolute atomic E-state index is 0.125. The molecule has 0 aromatic heterocycles. The molecule has 0 spiro atoms. The Kier molecular flexibility index (Phi) is 5.79. The number of benzene rings is 2. The molecular weight excluding hydrogens is 358 g/mol. The minimum atomic E-state index is -0.916. The van der Waals surface area contributed by atoms with Crippen molar-refractivity contribution in [2.75, 3.05) is 6.54 Å². The Hall–Kier alpha value is -2.68. The molecule has 0 fully saturated rings. The van der Waals surface area contributed by atoms with Crippen molar-refractivity contribution in [3.8, 4) is 0 Å². The average Bonchev–Trinajstić information content (AvgIpc) is 2.67. The number of carboxylic acid groups (broad SMARTS) is 1. The summed E-state index contributed by atoms with van der Waals surface area (Å²) >= 11 is 0. The van der Waals surface area contributed by atoms with Crippen LogP contribution < -0.4 is 0 Å². The number of aliphatic imine (C=N–C) groups is 1. The lowest BCUT2D eigenvalue weighted by atomic mass is 9.70. The Morgan fingerprint density at radius 3 is 2.38 bits per heavy atom. The Bertz CT molecular complexity index is 979. The van der Waals surface area contributed by atoms with Crippen LogP contribution in [0.4, 0.5) is 0 Å². The van der Waals surface area contributed by atoms with E-state index in [9.17, 15) is 4.79 Å². The zero-order valence-electron chi connectivity index (χ0n) is 18.2. The van der Waals surface area contributed by atoms with Crippen LogP contribution in [0.15, 0.2) is 48.0 Å². The van der Waals surface area contributed by atoms with E-state index in [0.717, 1.165) is 36.1 Å². The van der Waals surface area contributed by atoms with Crippen molar-refractivity contribution >= 4 is 17.3 Å². The number of carbonyl (C=O) groups is 1. The molecule has 1 aliphatic carbocycles. The lowest BCUT2D eigenvalue weighted by Crippen LogP contribution is -2.28. The van der Waals surface area contributed by atoms with Gasteiger partial charge in [0.05, 0.1) is 5.56 Å². The lowest BCUT2D eigenvalue weighted by Gasteiger charge is -2.34. The Labute approximate surface area is 174 Å². The molecule has 0 aliphatic heterocycles. The van der Waals surface area contributed by atoms with E-state index in [2.05, 4.69) is 53.3 Å². The topological polar surface area (TPSA) is 49.7 Å². The SMILES string of the molecule is C=C(c1ccc(C(=O)O)cc1)c1cc2c(cc1C)C(C)(C)CCC2=NCC(C)C. The van der Waals surface area contributed by atoms with E-state index in [1.807, 2.05) is 12.1 Å². The molecule has 0 saturated heterocycles. The number of hydrogen-bond donors (Lipinski definition) is 1. The van der Waals surface area contributed by atoms with Crippen LogP contribution in [-0.4, -0.2) is 23.3 Å². The molecule has 0 saturated carbocycles. The molecule has 0 atom stereocenters. The molecule has 3 heteroatoms. The van der Waals surface area contributed by atoms with Gasteiger partial charge in [0.2, 0.25) is 0 Å². The van der Waals surface area contributed by atoms with E-state index >= 15 is 0 Å². The highest BCUT2D eigenvalue weighted by Gasteiger charge is 2.31. The van der Waals surface area contributed by atoms with E-state index < -0.39 is 5.97 Å². The van der Waals surface area contributed by atoms with Crippen molar-refractivity contribution < 1.29 is 9.90 Å². The van der Waals surface area contributed by atoms with Crippen LogP contribution in [0.2, 0.25) is 0 Å². The van der Waals surface area contributed by atoms with Gasteiger partial charge in [0.15, 0.2) is 0 Å². The smallest absolute Gasteiger partial charge is 0.335 e. The fourth-order valence-corrected chi connectivity index (χ4v) is 3.96. The third-order valence-electron chi connectivity index (χ3n) is 5.84. The third kappa shape index (κ3) is 4.34. The summed E-state index contributed by atoms with van der Waals surface area (Å²) in [7, 11) is 0. The van der Waals surface area contributed by atoms with Gasteiger partial charge in [0.1, 0.15) is 0 Å². The summed E-state index contributed by atoms with van der Waals surface area (Å²) in [6.07, 6.45) is 2.10. The zero-order valence-corrected chi connectivity index (χ0v) is 18.2. The van der Waals surface area contributed by atoms with Gasteiger partial charge in [-0.3, -0.25) is 4.99 Å². The molecule has 0 heterocycles. The van der Waals surface area contributed by atoms with E-state index in [4.69, 9.17) is 10.1 Å². The second kappa shape index (κ2) is 7.98. The molecule has 0 unspecified atom stereocenters. The number of aromatic carboxylic acids is 1. The van der Waals surface area contributed by atoms with Gasteiger partial charge in [-0.2, -0.15) is 0 Å². The maximum atomic E-state index is 11.1. The molecule has 1 N–H and O–H groups in total. The Balaban J connectivity index is 2.07. The summed E-state index contributed by atoms with van der Waals surface area (Å²) in [5, 5.41) is 9.14. The number of rotatable bonds is 5. The van der Waals surface area contributed by atoms with E-state index in [0.29, 0.717) is 5.92 Å². The van der Waals surface area contributed by atoms with Gasteiger partial charge in [-0.1, -0.05) is 52.5 Å². The predicted octanol–water partition coefficient (Wildman–Crippen LogP) is 6.27. The monoisotopic (exact) mass is 389 g/mol. The summed E-state index contributed by atoms with van der Waals surface area (Å²) < 4.78 is 0. The normalized spacial score (nSPS) is 16.7. The summed E-state index contributed by atoms with van der Waals surface area (Å²) in [5.41, 5.74) is 8.35. The maximum Gasteiger partial charge on any atom is 0.335 e. The van der Waals surface area contributed by atoms with Crippen LogP contribution in [0.3, 0.4) is 0 Å². The molecule has 2 aromatic rings. The summed E-state index contributed by atoms with van der Waals surface area (Å²) in [6, 6.07) is 11.5. The fraction of sp³-hybridized carbons (Fsp3) is 0.385. The van der Waals surface area contributed by atoms with Crippen LogP contribution in [0.1, 0.15) is 78.7 Å². The van der Waals surface area contributed by atoms with Gasteiger partial charge in [0, 0.05) is 12.3 Å². The summed E-state index contributed by atoms with van der Waals surface area (Å²) in [5.74, 6) is -0.381. The number of fused-ring (bicyclic) bond motifs is 1. The Morgan fingerprint density at radius 2 is 1.79 bits per heavy atom. The van der Waals surface area contributed by atoms with Crippen LogP contribution in [-0.2, 0) is 5.41 Å². The van der Waals surface area contributed by atoms with E-state index in [1.54, 1.807) is 12.1 Å². The molecule has 0 bridgehead atoms. The third-order valence-corrected chi connectivity index (χ3v) is 5.84. The zero-order chi connectivity index (χ0) is 21.3. The van der Waals surface area contributed by atoms with E-state index in [-0.39, 0.29) is 11.0 Å². The van der Waals surface area contributed by atoms with Crippen molar-refractivity contribution in [3.63, 3.8) is 0 Å². The minimum Gasteiger partial charge on any atom is -0.478 e. The molecule has 0 radical (unpaired) electrons. The first-order valence-corrected chi connectivity index (χ1v) is 10.3. The standard InChI is InChI=1S/C26H31NO2/c1-16(2)15-27-24-11-12-26(5,6)23-13-17(3)21(14-22(23)24)18(4)19-7-9-20(10-8-19)25(28)29/h7-10,13-14,16H,4,11-12,15H2,1-3,5-6H3,(H,28,29). The van der Waals surface area contributed by atoms with Gasteiger partial charge in [-0.25, -0.2) is 4.79 Å². The van der Waals surface area contributed by atoms with Crippen molar-refractivity contribution in [1.29, 1.82) is 0 Å². The van der Waals surface area contributed by atoms with Crippen molar-refractivity contribution in [3.05, 3.63) is 76.4 Å². The first kappa shape index (κ1) is 21.0. The highest BCUT2D eigenvalue weighted by Crippen LogP contribution is 2.40. The van der Waals surface area contributed by atoms with E-state index in [1.165, 1.54) is 22.4 Å². The number of hydrogen-bond acceptors (Lipinski definition) is 2. The summed E-state index contributed by atoms with van der Waals surface area (Å²) in [6.45, 7) is 16.3. The predicted molar refractivity (Wildman–Crippen MR) is 121 cm³/mol. The van der Waals surface area contributed by atoms with Gasteiger partial charge in [-0.15, -0.1) is 0 Å². The number of nitrogens with zero attached hydrogens (tertiary/aromatic N) is 1. The first-order valence-electron chi connectivity index (χ1n) is 10.3. The lowest BCUT2D eigenvalue weighted by molar-refractivity contribution is 0.0697. The highest BCUT2D eigenvalue weighted by atomic mass is 16.4. The van der Waals surface area contributed by atoms with Gasteiger partial charge >= 0.3 is 5.97 Å². The van der Waals surface area contributed by atoms with Crippen LogP contribution >= 0.6 is 0 Å². The van der Waals surface area contributed by atoms with Crippen LogP contribution in [0.5, 0.6) is 0 Å². The van der Waals surface area contributed by atoms with Crippen LogP contribution in [0.25, 0.3) is 5.57 Å². The Morgan fingerprint density at radius 1 is 1.17 bits per heavy atom. The van der Waals surface area contributed by atoms with Crippen molar-refractivity contribution in [2.45, 2.75) is 52.9 Å². The van der Waals surface area contributed by atoms with Crippen molar-refractivity contribution in [2.24, 2.45) is 10.9 Å². The molecule has 152 valence electrons. The molecule has 1 aliphatic rings. The number of aryl methyl sites for hydroxylation is 1. The highest BCUT2D eigenvalue weighted by molar-refractivity contribution is 6.04. The first-order chi connectivity index (χ1) is 13.6. The molecule has 2 aromatic carbocycles. The largest absolute Gasteiger partial charge is 0.478 e.